The number of hydrogen-bond donors (Lipinski definition) is 2. The van der Waals surface area contributed by atoms with Gasteiger partial charge in [-0.05, 0) is 30.4 Å². The number of nitrogens with zero attached hydrogens (tertiary/aromatic N) is 4. The van der Waals surface area contributed by atoms with E-state index in [4.69, 9.17) is 0 Å². The molecule has 0 saturated heterocycles. The van der Waals surface area contributed by atoms with Crippen LogP contribution in [0.3, 0.4) is 0 Å². The van der Waals surface area contributed by atoms with Gasteiger partial charge < -0.3 is 14.6 Å². The Kier molecular flexibility index (Phi) is 9.37. The van der Waals surface area contributed by atoms with Crippen molar-refractivity contribution < 1.29 is 44.3 Å². The average Bonchev–Trinajstić information content (AvgIpc) is 2.93. The Balaban J connectivity index is 1.56. The summed E-state index contributed by atoms with van der Waals surface area (Å²) in [6.45, 7) is -4.26. The predicted molar refractivity (Wildman–Crippen MR) is 133 cm³/mol. The molecule has 230 valence electrons. The Bertz CT molecular complexity index is 1710. The summed E-state index contributed by atoms with van der Waals surface area (Å²) < 4.78 is 126. The molecule has 1 atom stereocenters. The first kappa shape index (κ1) is 31.5. The van der Waals surface area contributed by atoms with E-state index in [9.17, 15) is 44.7 Å². The number of anilines is 1. The van der Waals surface area contributed by atoms with E-state index in [1.54, 1.807) is 5.10 Å². The van der Waals surface area contributed by atoms with Crippen LogP contribution in [0.5, 0.6) is 0 Å². The van der Waals surface area contributed by atoms with Gasteiger partial charge >= 0.3 is 12.8 Å². The smallest absolute Gasteiger partial charge is 0.378 e. The summed E-state index contributed by atoms with van der Waals surface area (Å²) >= 11 is 0. The number of nitrogens with one attached hydrogen (secondary N) is 2. The topological polar surface area (TPSA) is 115 Å². The van der Waals surface area contributed by atoms with Crippen LogP contribution in [-0.4, -0.2) is 44.0 Å². The fraction of sp³-hybridized carbons (Fsp3) is 0.320. The Hall–Kier alpha value is -4.48. The molecule has 18 heteroatoms. The number of aromatic amines is 1. The molecule has 0 spiro atoms. The van der Waals surface area contributed by atoms with E-state index in [2.05, 4.69) is 25.1 Å². The fourth-order valence-electron chi connectivity index (χ4n) is 4.21. The minimum absolute atomic E-state index is 0.0554. The summed E-state index contributed by atoms with van der Waals surface area (Å²) in [7, 11) is 0. The summed E-state index contributed by atoms with van der Waals surface area (Å²) in [5.41, 5.74) is -6.00. The summed E-state index contributed by atoms with van der Waals surface area (Å²) in [6, 6.07) is 1.10. The maximum atomic E-state index is 15.0. The van der Waals surface area contributed by atoms with Crippen molar-refractivity contribution in [3.05, 3.63) is 80.4 Å². The van der Waals surface area contributed by atoms with Gasteiger partial charge in [0, 0.05) is 31.2 Å². The lowest BCUT2D eigenvalue weighted by atomic mass is 10.1. The minimum atomic E-state index is -5.11. The van der Waals surface area contributed by atoms with Crippen molar-refractivity contribution in [2.45, 2.75) is 44.6 Å². The number of aryl methyl sites for hydroxylation is 1. The molecule has 43 heavy (non-hydrogen) atoms. The van der Waals surface area contributed by atoms with Crippen LogP contribution in [0.2, 0.25) is 0 Å². The van der Waals surface area contributed by atoms with Gasteiger partial charge in [-0.3, -0.25) is 9.59 Å². The molecule has 0 amide bonds. The summed E-state index contributed by atoms with van der Waals surface area (Å²) in [4.78, 5) is 31.9. The van der Waals surface area contributed by atoms with Crippen LogP contribution in [0.1, 0.15) is 30.4 Å². The Morgan fingerprint density at radius 2 is 1.72 bits per heavy atom. The van der Waals surface area contributed by atoms with Crippen LogP contribution >= 0.6 is 0 Å². The van der Waals surface area contributed by atoms with Gasteiger partial charge in [-0.15, -0.1) is 0 Å². The number of halogens is 9. The highest BCUT2D eigenvalue weighted by atomic mass is 19.4. The van der Waals surface area contributed by atoms with Gasteiger partial charge in [-0.2, -0.15) is 27.1 Å². The van der Waals surface area contributed by atoms with Crippen molar-refractivity contribution in [1.82, 2.24) is 24.7 Å². The molecule has 0 aliphatic rings. The number of hydrogen-bond acceptors (Lipinski definition) is 7. The highest BCUT2D eigenvalue weighted by Gasteiger charge is 2.37. The van der Waals surface area contributed by atoms with Crippen LogP contribution in [0, 0.1) is 11.6 Å². The van der Waals surface area contributed by atoms with Crippen molar-refractivity contribution in [3.8, 4) is 11.4 Å². The Morgan fingerprint density at radius 1 is 1.02 bits per heavy atom. The van der Waals surface area contributed by atoms with Gasteiger partial charge in [0.2, 0.25) is 0 Å². The summed E-state index contributed by atoms with van der Waals surface area (Å²) in [5, 5.41) is 6.52. The van der Waals surface area contributed by atoms with E-state index < -0.39 is 88.2 Å². The van der Waals surface area contributed by atoms with E-state index in [0.717, 1.165) is 23.0 Å². The zero-order chi connectivity index (χ0) is 31.5. The van der Waals surface area contributed by atoms with Crippen molar-refractivity contribution in [2.75, 3.05) is 11.9 Å². The molecule has 0 radical (unpaired) electrons. The number of aromatic nitrogens is 5. The number of alkyl halides is 7. The molecule has 3 heterocycles. The third kappa shape index (κ3) is 7.12. The van der Waals surface area contributed by atoms with E-state index in [1.807, 2.05) is 0 Å². The molecular formula is C25H19F9N6O3. The van der Waals surface area contributed by atoms with Crippen LogP contribution in [0.4, 0.5) is 45.2 Å². The van der Waals surface area contributed by atoms with Crippen LogP contribution in [0.15, 0.2) is 46.5 Å². The minimum Gasteiger partial charge on any atom is -0.378 e. The SMILES string of the molecule is O=c1[nH]ncc(N[C@H](CCCn2ccc3cc(-c4ncc(C(F)F)cn4)c(F)c(F)c3c2=O)COC(F)F)c1C(F)(F)F. The Morgan fingerprint density at radius 3 is 2.35 bits per heavy atom. The largest absolute Gasteiger partial charge is 0.423 e. The molecule has 4 aromatic rings. The molecule has 2 N–H and O–H groups in total. The Labute approximate surface area is 234 Å². The average molecular weight is 622 g/mol. The van der Waals surface area contributed by atoms with E-state index in [0.29, 0.717) is 6.20 Å². The molecule has 0 aliphatic heterocycles. The highest BCUT2D eigenvalue weighted by molar-refractivity contribution is 5.86. The van der Waals surface area contributed by atoms with Gasteiger partial charge in [0.15, 0.2) is 17.5 Å². The molecular weight excluding hydrogens is 603 g/mol. The maximum Gasteiger partial charge on any atom is 0.423 e. The van der Waals surface area contributed by atoms with E-state index in [1.165, 1.54) is 12.3 Å². The van der Waals surface area contributed by atoms with Gasteiger partial charge in [-0.25, -0.2) is 32.6 Å². The zero-order valence-electron chi connectivity index (χ0n) is 21.4. The van der Waals surface area contributed by atoms with Gasteiger partial charge in [-0.1, -0.05) is 0 Å². The summed E-state index contributed by atoms with van der Waals surface area (Å²) in [6.07, 6.45) is -4.86. The molecule has 9 nitrogen and oxygen atoms in total. The second kappa shape index (κ2) is 12.8. The van der Waals surface area contributed by atoms with Crippen molar-refractivity contribution in [1.29, 1.82) is 0 Å². The fourth-order valence-corrected chi connectivity index (χ4v) is 4.21. The first-order valence-corrected chi connectivity index (χ1v) is 12.2. The van der Waals surface area contributed by atoms with Gasteiger partial charge in [0.25, 0.3) is 17.5 Å². The molecule has 1 aromatic carbocycles. The van der Waals surface area contributed by atoms with Crippen molar-refractivity contribution in [3.63, 3.8) is 0 Å². The van der Waals surface area contributed by atoms with Crippen molar-refractivity contribution >= 4 is 16.5 Å². The van der Waals surface area contributed by atoms with Crippen LogP contribution in [-0.2, 0) is 17.5 Å². The second-order valence-electron chi connectivity index (χ2n) is 9.03. The second-order valence-corrected chi connectivity index (χ2v) is 9.03. The van der Waals surface area contributed by atoms with Crippen LogP contribution < -0.4 is 16.4 Å². The monoisotopic (exact) mass is 622 g/mol. The van der Waals surface area contributed by atoms with E-state index in [-0.39, 0.29) is 24.8 Å². The first-order valence-electron chi connectivity index (χ1n) is 12.2. The zero-order valence-corrected chi connectivity index (χ0v) is 21.4. The molecule has 0 fully saturated rings. The molecule has 0 aliphatic carbocycles. The number of benzene rings is 1. The maximum absolute atomic E-state index is 15.0. The molecule has 0 saturated carbocycles. The number of pyridine rings is 1. The normalized spacial score (nSPS) is 12.8. The first-order chi connectivity index (χ1) is 20.3. The van der Waals surface area contributed by atoms with E-state index >= 15 is 4.39 Å². The number of fused-ring (bicyclic) bond motifs is 1. The van der Waals surface area contributed by atoms with Gasteiger partial charge in [0.1, 0.15) is 5.56 Å². The third-order valence-electron chi connectivity index (χ3n) is 6.18. The standard InChI is InChI=1S/C25H19F9N6O3/c26-18-14(21-35-7-12(8-36-21)20(28)29)6-11-3-5-40(23(42)16(11)19(18)27)4-1-2-13(10-43-24(30)31)38-15-9-37-39-22(41)17(15)25(32,33)34/h3,5-9,13,20,24H,1-2,4,10H2,(H2,38,39,41)/t13-/m1/s1. The number of rotatable bonds is 11. The quantitative estimate of drug-likeness (QED) is 0.219. The lowest BCUT2D eigenvalue weighted by Gasteiger charge is -2.22. The van der Waals surface area contributed by atoms with Gasteiger partial charge in [0.05, 0.1) is 35.0 Å². The highest BCUT2D eigenvalue weighted by Crippen LogP contribution is 2.32. The number of ether oxygens (including phenoxy) is 1. The molecule has 3 aromatic heterocycles. The molecule has 4 rings (SSSR count). The number of H-pyrrole nitrogens is 1. The lowest BCUT2D eigenvalue weighted by molar-refractivity contribution is -0.138. The molecule has 0 bridgehead atoms. The van der Waals surface area contributed by atoms with Crippen LogP contribution in [0.25, 0.3) is 22.2 Å². The summed E-state index contributed by atoms with van der Waals surface area (Å²) in [5.74, 6) is -3.46. The molecule has 0 unspecified atom stereocenters. The lowest BCUT2D eigenvalue weighted by Crippen LogP contribution is -2.32. The predicted octanol–water partition coefficient (Wildman–Crippen LogP) is 5.28. The van der Waals surface area contributed by atoms with Crippen molar-refractivity contribution in [2.24, 2.45) is 0 Å². The third-order valence-corrected chi connectivity index (χ3v) is 6.18.